The van der Waals surface area contributed by atoms with E-state index in [0.29, 0.717) is 35.1 Å². The molecule has 136 valence electrons. The summed E-state index contributed by atoms with van der Waals surface area (Å²) in [7, 11) is 1.59. The van der Waals surface area contributed by atoms with Crippen molar-refractivity contribution in [2.45, 2.75) is 30.6 Å². The van der Waals surface area contributed by atoms with E-state index in [4.69, 9.17) is 9.47 Å². The van der Waals surface area contributed by atoms with Crippen LogP contribution < -0.4 is 10.9 Å². The van der Waals surface area contributed by atoms with Crippen molar-refractivity contribution in [1.29, 1.82) is 0 Å². The highest BCUT2D eigenvalue weighted by Crippen LogP contribution is 2.20. The standard InChI is InChI=1S/C16H21N3O4S2/c1-22-7-5-19-15(21)14-12(4-8-24-14)18-16(19)25-10-13(20)17-9-11-3-2-6-23-11/h4,8,11H,2-3,5-7,9-10H2,1H3,(H,17,20)/t11-/m0/s1. The first kappa shape index (κ1) is 18.4. The number of hydrogen-bond acceptors (Lipinski definition) is 7. The van der Waals surface area contributed by atoms with Crippen molar-refractivity contribution in [2.75, 3.05) is 32.6 Å². The lowest BCUT2D eigenvalue weighted by Crippen LogP contribution is -2.33. The highest BCUT2D eigenvalue weighted by Gasteiger charge is 2.17. The van der Waals surface area contributed by atoms with Gasteiger partial charge in [0.15, 0.2) is 5.16 Å². The molecule has 3 heterocycles. The normalized spacial score (nSPS) is 17.2. The largest absolute Gasteiger partial charge is 0.383 e. The summed E-state index contributed by atoms with van der Waals surface area (Å²) in [5.41, 5.74) is 0.588. The number of thiophene rings is 1. The maximum absolute atomic E-state index is 12.6. The first-order valence-corrected chi connectivity index (χ1v) is 10.0. The molecule has 0 saturated carbocycles. The molecule has 25 heavy (non-hydrogen) atoms. The van der Waals surface area contributed by atoms with Crippen LogP contribution in [0.5, 0.6) is 0 Å². The van der Waals surface area contributed by atoms with E-state index in [1.165, 1.54) is 23.1 Å². The molecule has 0 aliphatic carbocycles. The first-order valence-electron chi connectivity index (χ1n) is 8.17. The molecule has 1 amide bonds. The molecule has 0 radical (unpaired) electrons. The summed E-state index contributed by atoms with van der Waals surface area (Å²) >= 11 is 2.65. The van der Waals surface area contributed by atoms with E-state index in [0.717, 1.165) is 19.4 Å². The van der Waals surface area contributed by atoms with Gasteiger partial charge in [0.05, 0.1) is 30.5 Å². The van der Waals surface area contributed by atoms with Crippen LogP contribution in [0.25, 0.3) is 10.2 Å². The number of hydrogen-bond donors (Lipinski definition) is 1. The van der Waals surface area contributed by atoms with E-state index >= 15 is 0 Å². The third kappa shape index (κ3) is 4.60. The second kappa shape index (κ2) is 8.79. The molecule has 2 aromatic heterocycles. The minimum absolute atomic E-state index is 0.0840. The predicted octanol–water partition coefficient (Wildman–Crippen LogP) is 1.49. The molecule has 0 unspecified atom stereocenters. The molecule has 0 aromatic carbocycles. The molecule has 2 aromatic rings. The van der Waals surface area contributed by atoms with Crippen molar-refractivity contribution in [3.63, 3.8) is 0 Å². The number of fused-ring (bicyclic) bond motifs is 1. The summed E-state index contributed by atoms with van der Waals surface area (Å²) in [6.45, 7) is 2.13. The van der Waals surface area contributed by atoms with Gasteiger partial charge in [-0.05, 0) is 24.3 Å². The van der Waals surface area contributed by atoms with Crippen LogP contribution in [0.15, 0.2) is 21.4 Å². The average molecular weight is 383 g/mol. The molecule has 1 atom stereocenters. The molecule has 7 nitrogen and oxygen atoms in total. The van der Waals surface area contributed by atoms with E-state index in [1.807, 2.05) is 11.4 Å². The Kier molecular flexibility index (Phi) is 6.46. The Hall–Kier alpha value is -1.42. The number of methoxy groups -OCH3 is 1. The number of nitrogens with zero attached hydrogens (tertiary/aromatic N) is 2. The van der Waals surface area contributed by atoms with Crippen LogP contribution in [0.3, 0.4) is 0 Å². The lowest BCUT2D eigenvalue weighted by Gasteiger charge is -2.13. The van der Waals surface area contributed by atoms with Crippen LogP contribution in [0.4, 0.5) is 0 Å². The second-order valence-corrected chi connectivity index (χ2v) is 7.57. The molecule has 9 heteroatoms. The quantitative estimate of drug-likeness (QED) is 0.549. The Morgan fingerprint density at radius 1 is 1.60 bits per heavy atom. The van der Waals surface area contributed by atoms with Crippen LogP contribution in [-0.2, 0) is 20.8 Å². The van der Waals surface area contributed by atoms with Crippen LogP contribution >= 0.6 is 23.1 Å². The summed E-state index contributed by atoms with van der Waals surface area (Å²) in [6.07, 6.45) is 2.15. The van der Waals surface area contributed by atoms with Crippen LogP contribution in [-0.4, -0.2) is 54.2 Å². The Balaban J connectivity index is 1.66. The third-order valence-electron chi connectivity index (χ3n) is 3.93. The van der Waals surface area contributed by atoms with Crippen LogP contribution in [0.2, 0.25) is 0 Å². The van der Waals surface area contributed by atoms with E-state index in [2.05, 4.69) is 10.3 Å². The van der Waals surface area contributed by atoms with Gasteiger partial charge in [-0.2, -0.15) is 0 Å². The number of carbonyl (C=O) groups excluding carboxylic acids is 1. The highest BCUT2D eigenvalue weighted by molar-refractivity contribution is 7.99. The van der Waals surface area contributed by atoms with Gasteiger partial charge in [0.2, 0.25) is 5.91 Å². The smallest absolute Gasteiger partial charge is 0.272 e. The Morgan fingerprint density at radius 2 is 2.48 bits per heavy atom. The second-order valence-electron chi connectivity index (χ2n) is 5.71. The topological polar surface area (TPSA) is 82.4 Å². The molecule has 1 saturated heterocycles. The average Bonchev–Trinajstić information content (AvgIpc) is 3.29. The number of aromatic nitrogens is 2. The summed E-state index contributed by atoms with van der Waals surface area (Å²) in [6, 6.07) is 1.82. The van der Waals surface area contributed by atoms with Crippen molar-refractivity contribution in [1.82, 2.24) is 14.9 Å². The van der Waals surface area contributed by atoms with Gasteiger partial charge in [0.25, 0.3) is 5.56 Å². The number of nitrogens with one attached hydrogen (secondary N) is 1. The minimum atomic E-state index is -0.0848. The van der Waals surface area contributed by atoms with E-state index < -0.39 is 0 Å². The third-order valence-corrected chi connectivity index (χ3v) is 5.80. The first-order chi connectivity index (χ1) is 12.2. The van der Waals surface area contributed by atoms with Gasteiger partial charge in [-0.15, -0.1) is 11.3 Å². The summed E-state index contributed by atoms with van der Waals surface area (Å²) in [4.78, 5) is 29.2. The van der Waals surface area contributed by atoms with E-state index in [-0.39, 0.29) is 23.3 Å². The lowest BCUT2D eigenvalue weighted by atomic mass is 10.2. The van der Waals surface area contributed by atoms with Gasteiger partial charge in [-0.3, -0.25) is 14.2 Å². The van der Waals surface area contributed by atoms with E-state index in [9.17, 15) is 9.59 Å². The zero-order valence-electron chi connectivity index (χ0n) is 14.0. The molecule has 3 rings (SSSR count). The molecule has 1 aliphatic heterocycles. The summed E-state index contributed by atoms with van der Waals surface area (Å²) in [5, 5.41) is 5.27. The minimum Gasteiger partial charge on any atom is -0.383 e. The fraction of sp³-hybridized carbons (Fsp3) is 0.562. The van der Waals surface area contributed by atoms with Gasteiger partial charge in [-0.1, -0.05) is 11.8 Å². The Morgan fingerprint density at radius 3 is 3.24 bits per heavy atom. The van der Waals surface area contributed by atoms with Gasteiger partial charge in [-0.25, -0.2) is 4.98 Å². The van der Waals surface area contributed by atoms with Crippen molar-refractivity contribution in [3.05, 3.63) is 21.8 Å². The van der Waals surface area contributed by atoms with Gasteiger partial charge in [0.1, 0.15) is 4.70 Å². The predicted molar refractivity (Wildman–Crippen MR) is 98.5 cm³/mol. The highest BCUT2D eigenvalue weighted by atomic mass is 32.2. The van der Waals surface area contributed by atoms with Crippen LogP contribution in [0, 0.1) is 0 Å². The van der Waals surface area contributed by atoms with Gasteiger partial charge < -0.3 is 14.8 Å². The van der Waals surface area contributed by atoms with Crippen LogP contribution in [0.1, 0.15) is 12.8 Å². The zero-order chi connectivity index (χ0) is 17.6. The monoisotopic (exact) mass is 383 g/mol. The van der Waals surface area contributed by atoms with Gasteiger partial charge in [0, 0.05) is 20.3 Å². The van der Waals surface area contributed by atoms with Crippen molar-refractivity contribution in [3.8, 4) is 0 Å². The molecular weight excluding hydrogens is 362 g/mol. The maximum atomic E-state index is 12.6. The zero-order valence-corrected chi connectivity index (χ0v) is 15.7. The Bertz CT molecular complexity index is 783. The summed E-state index contributed by atoms with van der Waals surface area (Å²) in [5.74, 6) is 0.125. The molecular formula is C16H21N3O4S2. The molecule has 1 aliphatic rings. The summed E-state index contributed by atoms with van der Waals surface area (Å²) < 4.78 is 12.8. The van der Waals surface area contributed by atoms with E-state index in [1.54, 1.807) is 11.7 Å². The number of ether oxygens (including phenoxy) is 2. The van der Waals surface area contributed by atoms with Crippen molar-refractivity contribution >= 4 is 39.2 Å². The molecule has 1 fully saturated rings. The maximum Gasteiger partial charge on any atom is 0.272 e. The molecule has 0 bridgehead atoms. The lowest BCUT2D eigenvalue weighted by molar-refractivity contribution is -0.119. The van der Waals surface area contributed by atoms with Crippen molar-refractivity contribution in [2.24, 2.45) is 0 Å². The number of rotatable bonds is 8. The fourth-order valence-electron chi connectivity index (χ4n) is 2.63. The molecule has 1 N–H and O–H groups in total. The van der Waals surface area contributed by atoms with Crippen molar-refractivity contribution < 1.29 is 14.3 Å². The number of amides is 1. The number of carbonyl (C=O) groups is 1. The number of thioether (sulfide) groups is 1. The SMILES string of the molecule is COCCn1c(SCC(=O)NC[C@@H]2CCCO2)nc2ccsc2c1=O. The fourth-order valence-corrected chi connectivity index (χ4v) is 4.26. The Labute approximate surface area is 153 Å². The van der Waals surface area contributed by atoms with Gasteiger partial charge >= 0.3 is 0 Å². The molecule has 0 spiro atoms.